The average Bonchev–Trinajstić information content (AvgIpc) is 2.92. The number of unbranched alkanes of at least 4 members (excludes halogenated alkanes) is 1. The summed E-state index contributed by atoms with van der Waals surface area (Å²) < 4.78 is 0. The van der Waals surface area contributed by atoms with Crippen LogP contribution in [0.3, 0.4) is 0 Å². The maximum Gasteiger partial charge on any atom is 0.272 e. The number of rotatable bonds is 5. The van der Waals surface area contributed by atoms with Gasteiger partial charge in [-0.2, -0.15) is 4.80 Å². The number of aryl methyl sites for hydroxylation is 1. The number of carbonyl (C=O) groups is 2. The molecule has 0 spiro atoms. The third-order valence-electron chi connectivity index (χ3n) is 2.84. The predicted octanol–water partition coefficient (Wildman–Crippen LogP) is 0.591. The summed E-state index contributed by atoms with van der Waals surface area (Å²) in [5.41, 5.74) is 0. The van der Waals surface area contributed by atoms with Crippen LogP contribution in [0.4, 0.5) is 5.95 Å². The van der Waals surface area contributed by atoms with E-state index < -0.39 is 11.2 Å². The van der Waals surface area contributed by atoms with E-state index in [0.717, 1.165) is 12.8 Å². The van der Waals surface area contributed by atoms with Gasteiger partial charge in [0.05, 0.1) is 12.5 Å². The number of amides is 1. The van der Waals surface area contributed by atoms with Crippen molar-refractivity contribution in [2.24, 2.45) is 5.92 Å². The highest BCUT2D eigenvalue weighted by molar-refractivity contribution is 6.64. The van der Waals surface area contributed by atoms with Crippen molar-refractivity contribution in [3.63, 3.8) is 0 Å². The summed E-state index contributed by atoms with van der Waals surface area (Å²) in [6.45, 7) is 2.97. The van der Waals surface area contributed by atoms with Crippen LogP contribution in [-0.2, 0) is 16.1 Å². The Hall–Kier alpha value is -1.50. The molecule has 98 valence electrons. The van der Waals surface area contributed by atoms with Crippen LogP contribution in [0, 0.1) is 5.92 Å². The Morgan fingerprint density at radius 2 is 2.33 bits per heavy atom. The van der Waals surface area contributed by atoms with Gasteiger partial charge in [-0.15, -0.1) is 5.10 Å². The fraction of sp³-hybridized carbons (Fsp3) is 0.700. The van der Waals surface area contributed by atoms with E-state index in [1.54, 1.807) is 0 Å². The van der Waals surface area contributed by atoms with E-state index in [0.29, 0.717) is 6.54 Å². The zero-order valence-corrected chi connectivity index (χ0v) is 10.8. The van der Waals surface area contributed by atoms with Gasteiger partial charge in [-0.1, -0.05) is 18.4 Å². The molecular weight excluding hydrogens is 258 g/mol. The molecule has 2 rings (SSSR count). The predicted molar refractivity (Wildman–Crippen MR) is 64.0 cm³/mol. The van der Waals surface area contributed by atoms with Crippen molar-refractivity contribution < 1.29 is 9.59 Å². The lowest BCUT2D eigenvalue weighted by molar-refractivity contribution is -0.120. The van der Waals surface area contributed by atoms with Gasteiger partial charge in [-0.3, -0.25) is 14.5 Å². The van der Waals surface area contributed by atoms with Crippen molar-refractivity contribution in [1.29, 1.82) is 0 Å². The molecule has 18 heavy (non-hydrogen) atoms. The highest BCUT2D eigenvalue weighted by Crippen LogP contribution is 2.23. The van der Waals surface area contributed by atoms with Gasteiger partial charge in [-0.05, 0) is 23.2 Å². The molecule has 1 aliphatic rings. The van der Waals surface area contributed by atoms with Crippen LogP contribution >= 0.6 is 11.6 Å². The van der Waals surface area contributed by atoms with Gasteiger partial charge < -0.3 is 0 Å². The molecule has 1 saturated heterocycles. The SMILES string of the molecule is CCCCn1nnc(N2CC(C(=O)Cl)CC2=O)n1. The summed E-state index contributed by atoms with van der Waals surface area (Å²) in [7, 11) is 0. The largest absolute Gasteiger partial charge is 0.281 e. The number of aromatic nitrogens is 4. The van der Waals surface area contributed by atoms with E-state index in [4.69, 9.17) is 11.6 Å². The summed E-state index contributed by atoms with van der Waals surface area (Å²) in [5, 5.41) is 11.3. The first-order valence-electron chi connectivity index (χ1n) is 5.89. The highest BCUT2D eigenvalue weighted by atomic mass is 35.5. The number of carbonyl (C=O) groups excluding carboxylic acids is 2. The first-order chi connectivity index (χ1) is 8.61. The number of anilines is 1. The third kappa shape index (κ3) is 2.66. The van der Waals surface area contributed by atoms with Crippen LogP contribution in [-0.4, -0.2) is 37.9 Å². The van der Waals surface area contributed by atoms with Gasteiger partial charge in [0.1, 0.15) is 0 Å². The molecule has 1 aromatic rings. The molecule has 0 aliphatic carbocycles. The smallest absolute Gasteiger partial charge is 0.272 e. The number of halogens is 1. The minimum absolute atomic E-state index is 0.117. The Labute approximate surface area is 109 Å². The molecule has 0 radical (unpaired) electrons. The number of hydrogen-bond acceptors (Lipinski definition) is 5. The quantitative estimate of drug-likeness (QED) is 0.732. The maximum atomic E-state index is 11.7. The van der Waals surface area contributed by atoms with Gasteiger partial charge >= 0.3 is 0 Å². The topological polar surface area (TPSA) is 81.0 Å². The Balaban J connectivity index is 2.05. The number of nitrogens with zero attached hydrogens (tertiary/aromatic N) is 5. The lowest BCUT2D eigenvalue weighted by Gasteiger charge is -2.09. The lowest BCUT2D eigenvalue weighted by Crippen LogP contribution is -2.26. The molecule has 1 aliphatic heterocycles. The summed E-state index contributed by atoms with van der Waals surface area (Å²) in [6, 6.07) is 0. The molecule has 1 atom stereocenters. The monoisotopic (exact) mass is 271 g/mol. The minimum Gasteiger partial charge on any atom is -0.281 e. The second-order valence-corrected chi connectivity index (χ2v) is 4.62. The third-order valence-corrected chi connectivity index (χ3v) is 3.15. The van der Waals surface area contributed by atoms with Crippen molar-refractivity contribution in [2.45, 2.75) is 32.7 Å². The van der Waals surface area contributed by atoms with Crippen LogP contribution in [0.1, 0.15) is 26.2 Å². The summed E-state index contributed by atoms with van der Waals surface area (Å²) in [5.74, 6) is -0.415. The van der Waals surface area contributed by atoms with Gasteiger partial charge in [0.25, 0.3) is 5.95 Å². The van der Waals surface area contributed by atoms with Gasteiger partial charge in [0.15, 0.2) is 0 Å². The fourth-order valence-electron chi connectivity index (χ4n) is 1.79. The van der Waals surface area contributed by atoms with Crippen molar-refractivity contribution in [1.82, 2.24) is 20.2 Å². The molecule has 0 aromatic carbocycles. The fourth-order valence-corrected chi connectivity index (χ4v) is 1.94. The highest BCUT2D eigenvalue weighted by Gasteiger charge is 2.36. The van der Waals surface area contributed by atoms with E-state index in [-0.39, 0.29) is 24.8 Å². The van der Waals surface area contributed by atoms with E-state index >= 15 is 0 Å². The lowest BCUT2D eigenvalue weighted by atomic mass is 10.1. The first-order valence-corrected chi connectivity index (χ1v) is 6.27. The van der Waals surface area contributed by atoms with E-state index in [9.17, 15) is 9.59 Å². The number of tetrazole rings is 1. The molecule has 7 nitrogen and oxygen atoms in total. The second kappa shape index (κ2) is 5.43. The zero-order valence-electron chi connectivity index (χ0n) is 10.0. The van der Waals surface area contributed by atoms with Crippen LogP contribution in [0.15, 0.2) is 0 Å². The Morgan fingerprint density at radius 3 is 2.94 bits per heavy atom. The molecule has 0 saturated carbocycles. The molecular formula is C10H14ClN5O2. The average molecular weight is 272 g/mol. The van der Waals surface area contributed by atoms with Crippen molar-refractivity contribution in [3.05, 3.63) is 0 Å². The van der Waals surface area contributed by atoms with Gasteiger partial charge in [0.2, 0.25) is 11.1 Å². The Bertz CT molecular complexity index is 461. The van der Waals surface area contributed by atoms with Gasteiger partial charge in [-0.25, -0.2) is 0 Å². The van der Waals surface area contributed by atoms with Crippen molar-refractivity contribution in [2.75, 3.05) is 11.4 Å². The Kier molecular flexibility index (Phi) is 3.90. The second-order valence-electron chi connectivity index (χ2n) is 4.25. The standard InChI is InChI=1S/C10H14ClN5O2/c1-2-3-4-16-13-10(12-14-16)15-6-7(9(11)18)5-8(15)17/h7H,2-6H2,1H3. The Morgan fingerprint density at radius 1 is 1.56 bits per heavy atom. The van der Waals surface area contributed by atoms with E-state index in [2.05, 4.69) is 22.3 Å². The first kappa shape index (κ1) is 12.9. The van der Waals surface area contributed by atoms with E-state index in [1.165, 1.54) is 9.70 Å². The van der Waals surface area contributed by atoms with Crippen LogP contribution in [0.25, 0.3) is 0 Å². The van der Waals surface area contributed by atoms with Gasteiger partial charge in [0, 0.05) is 13.0 Å². The molecule has 1 fully saturated rings. The molecule has 1 amide bonds. The summed E-state index contributed by atoms with van der Waals surface area (Å²) in [4.78, 5) is 25.6. The zero-order chi connectivity index (χ0) is 13.1. The minimum atomic E-state index is -0.496. The molecule has 1 unspecified atom stereocenters. The summed E-state index contributed by atoms with van der Waals surface area (Å²) >= 11 is 5.40. The normalized spacial score (nSPS) is 19.6. The number of hydrogen-bond donors (Lipinski definition) is 0. The molecule has 0 N–H and O–H groups in total. The van der Waals surface area contributed by atoms with Crippen molar-refractivity contribution in [3.8, 4) is 0 Å². The van der Waals surface area contributed by atoms with E-state index in [1.807, 2.05) is 0 Å². The van der Waals surface area contributed by atoms with Crippen LogP contribution in [0.2, 0.25) is 0 Å². The molecule has 0 bridgehead atoms. The van der Waals surface area contributed by atoms with Crippen LogP contribution < -0.4 is 4.90 Å². The molecule has 1 aromatic heterocycles. The summed E-state index contributed by atoms with van der Waals surface area (Å²) in [6.07, 6.45) is 2.10. The molecule has 2 heterocycles. The van der Waals surface area contributed by atoms with Crippen LogP contribution in [0.5, 0.6) is 0 Å². The maximum absolute atomic E-state index is 11.7. The van der Waals surface area contributed by atoms with Crippen molar-refractivity contribution >= 4 is 28.7 Å². The molecule has 8 heteroatoms.